The highest BCUT2D eigenvalue weighted by molar-refractivity contribution is 6.41. The van der Waals surface area contributed by atoms with E-state index < -0.39 is 6.10 Å². The Labute approximate surface area is 180 Å². The summed E-state index contributed by atoms with van der Waals surface area (Å²) in [5, 5.41) is 34.9. The van der Waals surface area contributed by atoms with E-state index in [-0.39, 0.29) is 31.4 Å². The molecule has 1 atom stereocenters. The summed E-state index contributed by atoms with van der Waals surface area (Å²) in [7, 11) is 0. The minimum Gasteiger partial charge on any atom is -0.457 e. The number of cyclic esters (lactones) is 1. The number of hydrogen-bond donors (Lipinski definition) is 4. The van der Waals surface area contributed by atoms with Gasteiger partial charge in [-0.15, -0.1) is 0 Å². The lowest BCUT2D eigenvalue weighted by molar-refractivity contribution is 0.0535. The Kier molecular flexibility index (Phi) is 6.74. The molecule has 0 unspecified atom stereocenters. The van der Waals surface area contributed by atoms with E-state index in [4.69, 9.17) is 15.4 Å². The van der Waals surface area contributed by atoms with Gasteiger partial charge in [0.2, 0.25) is 0 Å². The molecule has 0 amide bonds. The fourth-order valence-electron chi connectivity index (χ4n) is 3.28. The molecule has 31 heavy (non-hydrogen) atoms. The van der Waals surface area contributed by atoms with Crippen molar-refractivity contribution in [2.45, 2.75) is 33.5 Å². The average molecular weight is 420 g/mol. The van der Waals surface area contributed by atoms with Gasteiger partial charge in [-0.25, -0.2) is 9.78 Å². The van der Waals surface area contributed by atoms with Crippen LogP contribution in [0.2, 0.25) is 0 Å². The van der Waals surface area contributed by atoms with Crippen LogP contribution >= 0.6 is 0 Å². The zero-order valence-corrected chi connectivity index (χ0v) is 17.6. The fourth-order valence-corrected chi connectivity index (χ4v) is 3.28. The number of carbonyl (C=O) groups excluding carboxylic acids is 1. The summed E-state index contributed by atoms with van der Waals surface area (Å²) in [6.45, 7) is 6.04. The minimum absolute atomic E-state index is 0.228. The van der Waals surface area contributed by atoms with Crippen LogP contribution < -0.4 is 10.7 Å². The second-order valence-corrected chi connectivity index (χ2v) is 7.32. The molecule has 0 saturated carbocycles. The van der Waals surface area contributed by atoms with Gasteiger partial charge in [0, 0.05) is 24.8 Å². The molecule has 2 heterocycles. The standard InChI is InChI=1S/C22H24N6O3/c1-12-6-21(26-8-15(12)7-23)28-27-19(14(3)24)9-25-10-20(29)16-4-5-17-18(13(16)2)11-31-22(17)30/h4-6,8,20,24-25,29H,9-11H2,1-3H3,(H,26,28)/b24-14?,27-19-/t20-/m0/s1. The molecular formula is C22H24N6O3. The summed E-state index contributed by atoms with van der Waals surface area (Å²) in [5.41, 5.74) is 7.74. The number of aliphatic hydroxyl groups excluding tert-OH is 1. The van der Waals surface area contributed by atoms with Crippen LogP contribution in [0.4, 0.5) is 5.82 Å². The van der Waals surface area contributed by atoms with Crippen molar-refractivity contribution in [3.8, 4) is 6.07 Å². The van der Waals surface area contributed by atoms with Crippen LogP contribution in [-0.4, -0.2) is 40.6 Å². The average Bonchev–Trinajstić information content (AvgIpc) is 3.12. The van der Waals surface area contributed by atoms with Crippen LogP contribution in [0.5, 0.6) is 0 Å². The molecule has 3 rings (SSSR count). The Hall–Kier alpha value is -3.61. The monoisotopic (exact) mass is 420 g/mol. The number of aliphatic hydroxyl groups is 1. The number of aryl methyl sites for hydroxylation is 1. The molecule has 1 aromatic heterocycles. The number of carbonyl (C=O) groups is 1. The number of anilines is 1. The molecule has 2 aromatic rings. The van der Waals surface area contributed by atoms with Crippen molar-refractivity contribution in [1.29, 1.82) is 10.7 Å². The van der Waals surface area contributed by atoms with Crippen molar-refractivity contribution in [1.82, 2.24) is 10.3 Å². The van der Waals surface area contributed by atoms with Crippen LogP contribution in [0.15, 0.2) is 29.5 Å². The van der Waals surface area contributed by atoms with E-state index in [9.17, 15) is 9.90 Å². The second-order valence-electron chi connectivity index (χ2n) is 7.32. The normalized spacial score (nSPS) is 13.9. The van der Waals surface area contributed by atoms with Crippen LogP contribution in [0, 0.1) is 30.6 Å². The topological polar surface area (TPSA) is 143 Å². The Bertz CT molecular complexity index is 1100. The summed E-state index contributed by atoms with van der Waals surface area (Å²) in [6.07, 6.45) is 0.681. The van der Waals surface area contributed by atoms with E-state index in [1.807, 2.05) is 13.8 Å². The number of nitriles is 1. The molecule has 1 aromatic carbocycles. The van der Waals surface area contributed by atoms with Gasteiger partial charge in [0.1, 0.15) is 18.5 Å². The first kappa shape index (κ1) is 22.1. The number of pyridine rings is 1. The molecule has 0 saturated heterocycles. The number of benzene rings is 1. The van der Waals surface area contributed by atoms with Crippen molar-refractivity contribution in [3.63, 3.8) is 0 Å². The molecule has 9 nitrogen and oxygen atoms in total. The van der Waals surface area contributed by atoms with Gasteiger partial charge in [-0.05, 0) is 49.6 Å². The third kappa shape index (κ3) is 4.94. The van der Waals surface area contributed by atoms with E-state index in [0.717, 1.165) is 22.3 Å². The Morgan fingerprint density at radius 1 is 1.45 bits per heavy atom. The SMILES string of the molecule is CC(=N)/C(CNC[C@H](O)c1ccc2c(c1C)COC2=O)=N\Nc1cc(C)c(C#N)cn1. The van der Waals surface area contributed by atoms with Crippen LogP contribution in [0.25, 0.3) is 0 Å². The first-order valence-corrected chi connectivity index (χ1v) is 9.75. The van der Waals surface area contributed by atoms with Crippen LogP contribution in [-0.2, 0) is 11.3 Å². The highest BCUT2D eigenvalue weighted by Gasteiger charge is 2.25. The number of fused-ring (bicyclic) bond motifs is 1. The van der Waals surface area contributed by atoms with Gasteiger partial charge >= 0.3 is 5.97 Å². The quantitative estimate of drug-likeness (QED) is 0.291. The Balaban J connectivity index is 1.61. The number of rotatable bonds is 8. The van der Waals surface area contributed by atoms with E-state index in [0.29, 0.717) is 22.7 Å². The summed E-state index contributed by atoms with van der Waals surface area (Å²) in [6, 6.07) is 7.19. The summed E-state index contributed by atoms with van der Waals surface area (Å²) in [5.74, 6) is 0.139. The number of nitrogens with one attached hydrogen (secondary N) is 3. The zero-order chi connectivity index (χ0) is 22.5. The van der Waals surface area contributed by atoms with Crippen molar-refractivity contribution < 1.29 is 14.6 Å². The Morgan fingerprint density at radius 3 is 2.90 bits per heavy atom. The fraction of sp³-hybridized carbons (Fsp3) is 0.318. The maximum absolute atomic E-state index is 11.7. The lowest BCUT2D eigenvalue weighted by atomic mass is 9.95. The molecule has 9 heteroatoms. The molecule has 0 bridgehead atoms. The van der Waals surface area contributed by atoms with Gasteiger partial charge in [0.05, 0.1) is 28.7 Å². The van der Waals surface area contributed by atoms with E-state index in [1.54, 1.807) is 25.1 Å². The van der Waals surface area contributed by atoms with Gasteiger partial charge in [-0.1, -0.05) is 6.07 Å². The predicted octanol–water partition coefficient (Wildman–Crippen LogP) is 2.37. The number of hydrazone groups is 1. The van der Waals surface area contributed by atoms with Gasteiger partial charge in [0.15, 0.2) is 0 Å². The number of nitrogens with zero attached hydrogens (tertiary/aromatic N) is 3. The molecule has 4 N–H and O–H groups in total. The van der Waals surface area contributed by atoms with Crippen molar-refractivity contribution in [2.75, 3.05) is 18.5 Å². The number of hydrogen-bond acceptors (Lipinski definition) is 9. The van der Waals surface area contributed by atoms with Gasteiger partial charge in [0.25, 0.3) is 0 Å². The largest absolute Gasteiger partial charge is 0.457 e. The van der Waals surface area contributed by atoms with Crippen molar-refractivity contribution in [2.24, 2.45) is 5.10 Å². The molecule has 1 aliphatic rings. The third-order valence-electron chi connectivity index (χ3n) is 5.17. The summed E-state index contributed by atoms with van der Waals surface area (Å²) < 4.78 is 5.06. The number of ether oxygens (including phenoxy) is 1. The van der Waals surface area contributed by atoms with E-state index >= 15 is 0 Å². The second kappa shape index (κ2) is 9.47. The highest BCUT2D eigenvalue weighted by atomic mass is 16.5. The molecule has 0 radical (unpaired) electrons. The highest BCUT2D eigenvalue weighted by Crippen LogP contribution is 2.28. The van der Waals surface area contributed by atoms with E-state index in [2.05, 4.69) is 26.9 Å². The molecule has 0 fully saturated rings. The van der Waals surface area contributed by atoms with Gasteiger partial charge in [-0.2, -0.15) is 10.4 Å². The number of esters is 1. The molecule has 0 aliphatic carbocycles. The van der Waals surface area contributed by atoms with Crippen LogP contribution in [0.1, 0.15) is 51.2 Å². The van der Waals surface area contributed by atoms with Gasteiger partial charge < -0.3 is 20.6 Å². The number of aromatic nitrogens is 1. The zero-order valence-electron chi connectivity index (χ0n) is 17.6. The van der Waals surface area contributed by atoms with Gasteiger partial charge in [-0.3, -0.25) is 5.43 Å². The smallest absolute Gasteiger partial charge is 0.338 e. The summed E-state index contributed by atoms with van der Waals surface area (Å²) in [4.78, 5) is 15.8. The lowest BCUT2D eigenvalue weighted by Gasteiger charge is -2.16. The maximum atomic E-state index is 11.7. The molecule has 1 aliphatic heterocycles. The van der Waals surface area contributed by atoms with E-state index in [1.165, 1.54) is 6.20 Å². The molecule has 160 valence electrons. The Morgan fingerprint density at radius 2 is 2.23 bits per heavy atom. The summed E-state index contributed by atoms with van der Waals surface area (Å²) >= 11 is 0. The van der Waals surface area contributed by atoms with Crippen LogP contribution in [0.3, 0.4) is 0 Å². The first-order valence-electron chi connectivity index (χ1n) is 9.75. The van der Waals surface area contributed by atoms with Crippen molar-refractivity contribution in [3.05, 3.63) is 57.8 Å². The molecular weight excluding hydrogens is 396 g/mol. The maximum Gasteiger partial charge on any atom is 0.338 e. The predicted molar refractivity (Wildman–Crippen MR) is 116 cm³/mol. The first-order chi connectivity index (χ1) is 14.8. The minimum atomic E-state index is -0.788. The molecule has 0 spiro atoms. The third-order valence-corrected chi connectivity index (χ3v) is 5.17. The van der Waals surface area contributed by atoms with Crippen molar-refractivity contribution >= 4 is 23.2 Å². The lowest BCUT2D eigenvalue weighted by Crippen LogP contribution is -2.31.